The molecule has 0 saturated carbocycles. The molecule has 52 valence electrons. The molecule has 0 N–H and O–H groups in total. The van der Waals surface area contributed by atoms with Crippen LogP contribution in [0.15, 0.2) is 24.9 Å². The first kappa shape index (κ1) is 5.86. The summed E-state index contributed by atoms with van der Waals surface area (Å²) in [5, 5.41) is 8.60. The standard InChI is InChI=1S/C7H4N4/c8-3-6-7-4-9-5-11(7)2-1-10-6/h1-2,4-5H. The van der Waals surface area contributed by atoms with E-state index in [2.05, 4.69) is 9.97 Å². The minimum Gasteiger partial charge on any atom is -0.302 e. The van der Waals surface area contributed by atoms with Crippen molar-refractivity contribution in [2.75, 3.05) is 0 Å². The van der Waals surface area contributed by atoms with Crippen LogP contribution in [0.1, 0.15) is 5.69 Å². The average Bonchev–Trinajstić information content (AvgIpc) is 2.50. The van der Waals surface area contributed by atoms with Crippen molar-refractivity contribution < 1.29 is 0 Å². The molecule has 0 atom stereocenters. The van der Waals surface area contributed by atoms with Crippen LogP contribution in [0.2, 0.25) is 0 Å². The Morgan fingerprint density at radius 1 is 1.55 bits per heavy atom. The number of hydrogen-bond donors (Lipinski definition) is 0. The van der Waals surface area contributed by atoms with Gasteiger partial charge in [-0.25, -0.2) is 9.97 Å². The van der Waals surface area contributed by atoms with Gasteiger partial charge in [-0.05, 0) is 0 Å². The van der Waals surface area contributed by atoms with Crippen LogP contribution < -0.4 is 0 Å². The molecule has 0 unspecified atom stereocenters. The molecule has 0 aliphatic carbocycles. The van der Waals surface area contributed by atoms with Gasteiger partial charge in [0.1, 0.15) is 11.6 Å². The Labute approximate surface area is 62.7 Å². The molecule has 0 fully saturated rings. The van der Waals surface area contributed by atoms with Crippen LogP contribution in [0.3, 0.4) is 0 Å². The summed E-state index contributed by atoms with van der Waals surface area (Å²) in [6.45, 7) is 0. The smallest absolute Gasteiger partial charge is 0.166 e. The highest BCUT2D eigenvalue weighted by atomic mass is 15.0. The third-order valence-corrected chi connectivity index (χ3v) is 1.45. The maximum atomic E-state index is 8.60. The van der Waals surface area contributed by atoms with Crippen LogP contribution in [0, 0.1) is 11.3 Å². The van der Waals surface area contributed by atoms with Crippen LogP contribution in [-0.4, -0.2) is 14.4 Å². The molecule has 0 spiro atoms. The highest BCUT2D eigenvalue weighted by molar-refractivity contribution is 5.55. The van der Waals surface area contributed by atoms with Gasteiger partial charge in [-0.15, -0.1) is 0 Å². The van der Waals surface area contributed by atoms with E-state index < -0.39 is 0 Å². The van der Waals surface area contributed by atoms with Crippen molar-refractivity contribution in [1.29, 1.82) is 5.26 Å². The van der Waals surface area contributed by atoms with Crippen molar-refractivity contribution >= 4 is 5.52 Å². The van der Waals surface area contributed by atoms with E-state index in [1.807, 2.05) is 6.07 Å². The van der Waals surface area contributed by atoms with E-state index >= 15 is 0 Å². The first-order valence-corrected chi connectivity index (χ1v) is 3.08. The van der Waals surface area contributed by atoms with Crippen molar-refractivity contribution in [2.45, 2.75) is 0 Å². The summed E-state index contributed by atoms with van der Waals surface area (Å²) < 4.78 is 1.76. The zero-order valence-electron chi connectivity index (χ0n) is 5.60. The molecular weight excluding hydrogens is 140 g/mol. The second-order valence-electron chi connectivity index (χ2n) is 2.07. The summed E-state index contributed by atoms with van der Waals surface area (Å²) in [5.74, 6) is 0. The van der Waals surface area contributed by atoms with E-state index in [-0.39, 0.29) is 0 Å². The minimum absolute atomic E-state index is 0.407. The lowest BCUT2D eigenvalue weighted by atomic mass is 10.4. The highest BCUT2D eigenvalue weighted by Crippen LogP contribution is 2.03. The minimum atomic E-state index is 0.407. The largest absolute Gasteiger partial charge is 0.302 e. The summed E-state index contributed by atoms with van der Waals surface area (Å²) in [5.41, 5.74) is 1.15. The van der Waals surface area contributed by atoms with E-state index in [0.29, 0.717) is 5.69 Å². The van der Waals surface area contributed by atoms with Crippen LogP contribution in [0.4, 0.5) is 0 Å². The first-order chi connectivity index (χ1) is 5.42. The molecule has 2 heterocycles. The quantitative estimate of drug-likeness (QED) is 0.544. The predicted molar refractivity (Wildman–Crippen MR) is 37.7 cm³/mol. The van der Waals surface area contributed by atoms with Gasteiger partial charge in [-0.1, -0.05) is 0 Å². The third kappa shape index (κ3) is 0.749. The van der Waals surface area contributed by atoms with Gasteiger partial charge in [-0.2, -0.15) is 5.26 Å². The van der Waals surface area contributed by atoms with Crippen molar-refractivity contribution in [3.8, 4) is 6.07 Å². The highest BCUT2D eigenvalue weighted by Gasteiger charge is 1.99. The molecule has 4 nitrogen and oxygen atoms in total. The molecule has 0 radical (unpaired) electrons. The van der Waals surface area contributed by atoms with E-state index in [9.17, 15) is 0 Å². The van der Waals surface area contributed by atoms with Gasteiger partial charge in [0.2, 0.25) is 0 Å². The molecule has 4 heteroatoms. The molecule has 0 amide bonds. The molecule has 0 aliphatic heterocycles. The first-order valence-electron chi connectivity index (χ1n) is 3.08. The second-order valence-corrected chi connectivity index (χ2v) is 2.07. The van der Waals surface area contributed by atoms with Gasteiger partial charge < -0.3 is 4.40 Å². The van der Waals surface area contributed by atoms with E-state index in [1.165, 1.54) is 0 Å². The number of nitriles is 1. The Morgan fingerprint density at radius 2 is 2.45 bits per heavy atom. The van der Waals surface area contributed by atoms with Crippen LogP contribution in [0.25, 0.3) is 5.52 Å². The third-order valence-electron chi connectivity index (χ3n) is 1.45. The second kappa shape index (κ2) is 2.06. The lowest BCUT2D eigenvalue weighted by Crippen LogP contribution is -1.88. The van der Waals surface area contributed by atoms with Crippen LogP contribution >= 0.6 is 0 Å². The fourth-order valence-electron chi connectivity index (χ4n) is 0.939. The van der Waals surface area contributed by atoms with Crippen LogP contribution in [0.5, 0.6) is 0 Å². The molecule has 2 rings (SSSR count). The molecular formula is C7H4N4. The Bertz CT molecular complexity index is 423. The number of nitrogens with zero attached hydrogens (tertiary/aromatic N) is 4. The van der Waals surface area contributed by atoms with E-state index in [1.54, 1.807) is 29.3 Å². The van der Waals surface area contributed by atoms with Gasteiger partial charge in [0, 0.05) is 12.4 Å². The lowest BCUT2D eigenvalue weighted by Gasteiger charge is -1.91. The molecule has 0 saturated heterocycles. The normalized spacial score (nSPS) is 9.73. The Balaban J connectivity index is 2.92. The molecule has 2 aromatic heterocycles. The number of aromatic nitrogens is 3. The van der Waals surface area contributed by atoms with E-state index in [0.717, 1.165) is 5.52 Å². The van der Waals surface area contributed by atoms with Gasteiger partial charge in [0.25, 0.3) is 0 Å². The topological polar surface area (TPSA) is 54.0 Å². The average molecular weight is 144 g/mol. The molecule has 2 aromatic rings. The molecule has 11 heavy (non-hydrogen) atoms. The number of hydrogen-bond acceptors (Lipinski definition) is 3. The van der Waals surface area contributed by atoms with Crippen LogP contribution in [-0.2, 0) is 0 Å². The Morgan fingerprint density at radius 3 is 3.27 bits per heavy atom. The fraction of sp³-hybridized carbons (Fsp3) is 0. The van der Waals surface area contributed by atoms with Gasteiger partial charge in [0.05, 0.1) is 12.5 Å². The van der Waals surface area contributed by atoms with Crippen molar-refractivity contribution in [3.63, 3.8) is 0 Å². The molecule has 0 aromatic carbocycles. The van der Waals surface area contributed by atoms with Crippen molar-refractivity contribution in [1.82, 2.24) is 14.4 Å². The van der Waals surface area contributed by atoms with Crippen molar-refractivity contribution in [3.05, 3.63) is 30.6 Å². The summed E-state index contributed by atoms with van der Waals surface area (Å²) in [7, 11) is 0. The number of fused-ring (bicyclic) bond motifs is 1. The zero-order chi connectivity index (χ0) is 7.68. The summed E-state index contributed by atoms with van der Waals surface area (Å²) >= 11 is 0. The van der Waals surface area contributed by atoms with Gasteiger partial charge in [-0.3, -0.25) is 0 Å². The Kier molecular flexibility index (Phi) is 1.10. The summed E-state index contributed by atoms with van der Waals surface area (Å²) in [6, 6.07) is 1.98. The van der Waals surface area contributed by atoms with Crippen molar-refractivity contribution in [2.24, 2.45) is 0 Å². The van der Waals surface area contributed by atoms with Gasteiger partial charge in [0.15, 0.2) is 5.69 Å². The SMILES string of the molecule is N#Cc1nccn2cncc12. The molecule has 0 aliphatic rings. The predicted octanol–water partition coefficient (Wildman–Crippen LogP) is 0.601. The maximum Gasteiger partial charge on any atom is 0.166 e. The van der Waals surface area contributed by atoms with E-state index in [4.69, 9.17) is 5.26 Å². The number of imidazole rings is 1. The number of rotatable bonds is 0. The summed E-state index contributed by atoms with van der Waals surface area (Å²) in [6.07, 6.45) is 6.58. The Hall–Kier alpha value is -1.89. The fourth-order valence-corrected chi connectivity index (χ4v) is 0.939. The monoisotopic (exact) mass is 144 g/mol. The maximum absolute atomic E-state index is 8.60. The lowest BCUT2D eigenvalue weighted by molar-refractivity contribution is 1.10. The zero-order valence-corrected chi connectivity index (χ0v) is 5.60. The summed E-state index contributed by atoms with van der Waals surface area (Å²) in [4.78, 5) is 7.76. The molecule has 0 bridgehead atoms. The van der Waals surface area contributed by atoms with Gasteiger partial charge >= 0.3 is 0 Å².